The lowest BCUT2D eigenvalue weighted by atomic mass is 10.1. The Morgan fingerprint density at radius 1 is 1.27 bits per heavy atom. The van der Waals surface area contributed by atoms with Crippen molar-refractivity contribution in [2.45, 2.75) is 27.2 Å². The van der Waals surface area contributed by atoms with Crippen molar-refractivity contribution in [3.63, 3.8) is 0 Å². The quantitative estimate of drug-likeness (QED) is 0.749. The summed E-state index contributed by atoms with van der Waals surface area (Å²) >= 11 is 0. The highest BCUT2D eigenvalue weighted by Crippen LogP contribution is 2.32. The van der Waals surface area contributed by atoms with Crippen LogP contribution in [0, 0.1) is 0 Å². The van der Waals surface area contributed by atoms with E-state index in [2.05, 4.69) is 0 Å². The van der Waals surface area contributed by atoms with Crippen LogP contribution in [0.5, 0.6) is 11.5 Å². The van der Waals surface area contributed by atoms with Crippen LogP contribution in [0.15, 0.2) is 18.2 Å². The van der Waals surface area contributed by atoms with Gasteiger partial charge in [-0.1, -0.05) is 19.9 Å². The average molecular weight is 208 g/mol. The SMILES string of the molecule is CC.CC(=O)Cc1ccc2c(c1)OCO2. The largest absolute Gasteiger partial charge is 0.454 e. The van der Waals surface area contributed by atoms with Gasteiger partial charge in [-0.3, -0.25) is 4.79 Å². The minimum Gasteiger partial charge on any atom is -0.454 e. The Kier molecular flexibility index (Phi) is 4.16. The summed E-state index contributed by atoms with van der Waals surface area (Å²) in [6.07, 6.45) is 0.455. The van der Waals surface area contributed by atoms with Crippen molar-refractivity contribution >= 4 is 5.78 Å². The van der Waals surface area contributed by atoms with E-state index in [-0.39, 0.29) is 12.6 Å². The molecule has 1 aliphatic rings. The second-order valence-corrected chi connectivity index (χ2v) is 3.07. The van der Waals surface area contributed by atoms with Crippen molar-refractivity contribution in [1.82, 2.24) is 0 Å². The highest BCUT2D eigenvalue weighted by atomic mass is 16.7. The summed E-state index contributed by atoms with van der Waals surface area (Å²) in [6.45, 7) is 5.85. The number of hydrogen-bond acceptors (Lipinski definition) is 3. The number of carbonyl (C=O) groups is 1. The number of ketones is 1. The van der Waals surface area contributed by atoms with E-state index in [1.165, 1.54) is 0 Å². The first-order valence-corrected chi connectivity index (χ1v) is 5.13. The van der Waals surface area contributed by atoms with Crippen LogP contribution in [0.2, 0.25) is 0 Å². The van der Waals surface area contributed by atoms with Crippen molar-refractivity contribution < 1.29 is 14.3 Å². The molecule has 0 fully saturated rings. The number of benzene rings is 1. The summed E-state index contributed by atoms with van der Waals surface area (Å²) < 4.78 is 10.3. The number of hydrogen-bond donors (Lipinski definition) is 0. The molecule has 0 saturated carbocycles. The van der Waals surface area contributed by atoms with Gasteiger partial charge in [0, 0.05) is 6.42 Å². The summed E-state index contributed by atoms with van der Waals surface area (Å²) in [4.78, 5) is 10.8. The van der Waals surface area contributed by atoms with Gasteiger partial charge in [0.2, 0.25) is 6.79 Å². The zero-order valence-electron chi connectivity index (χ0n) is 9.37. The molecule has 1 aromatic carbocycles. The van der Waals surface area contributed by atoms with Gasteiger partial charge in [-0.15, -0.1) is 0 Å². The van der Waals surface area contributed by atoms with E-state index in [9.17, 15) is 4.79 Å². The lowest BCUT2D eigenvalue weighted by Crippen LogP contribution is -1.95. The van der Waals surface area contributed by atoms with Gasteiger partial charge in [0.25, 0.3) is 0 Å². The van der Waals surface area contributed by atoms with Crippen LogP contribution >= 0.6 is 0 Å². The zero-order valence-corrected chi connectivity index (χ0v) is 9.37. The molecule has 0 bridgehead atoms. The fourth-order valence-electron chi connectivity index (χ4n) is 1.34. The molecule has 0 N–H and O–H groups in total. The van der Waals surface area contributed by atoms with Crippen LogP contribution in [0.4, 0.5) is 0 Å². The van der Waals surface area contributed by atoms with Crippen LogP contribution in [0.3, 0.4) is 0 Å². The monoisotopic (exact) mass is 208 g/mol. The van der Waals surface area contributed by atoms with E-state index in [4.69, 9.17) is 9.47 Å². The minimum atomic E-state index is 0.152. The number of fused-ring (bicyclic) bond motifs is 1. The molecule has 2 rings (SSSR count). The Hall–Kier alpha value is -1.51. The molecule has 1 aliphatic heterocycles. The van der Waals surface area contributed by atoms with Crippen LogP contribution in [0.1, 0.15) is 26.3 Å². The predicted molar refractivity (Wildman–Crippen MR) is 58.3 cm³/mol. The van der Waals surface area contributed by atoms with Gasteiger partial charge in [0.15, 0.2) is 11.5 Å². The first-order valence-electron chi connectivity index (χ1n) is 5.13. The molecular weight excluding hydrogens is 192 g/mol. The fraction of sp³-hybridized carbons (Fsp3) is 0.417. The van der Waals surface area contributed by atoms with Crippen molar-refractivity contribution in [2.24, 2.45) is 0 Å². The number of ether oxygens (including phenoxy) is 2. The molecule has 0 amide bonds. The normalized spacial score (nSPS) is 11.7. The Morgan fingerprint density at radius 3 is 2.60 bits per heavy atom. The summed E-state index contributed by atoms with van der Waals surface area (Å²) in [7, 11) is 0. The molecule has 1 heterocycles. The molecule has 0 unspecified atom stereocenters. The fourth-order valence-corrected chi connectivity index (χ4v) is 1.34. The molecule has 3 nitrogen and oxygen atoms in total. The van der Waals surface area contributed by atoms with Crippen LogP contribution in [0.25, 0.3) is 0 Å². The first kappa shape index (κ1) is 11.6. The van der Waals surface area contributed by atoms with Crippen LogP contribution in [-0.4, -0.2) is 12.6 Å². The van der Waals surface area contributed by atoms with Gasteiger partial charge in [0.1, 0.15) is 5.78 Å². The maximum absolute atomic E-state index is 10.8. The van der Waals surface area contributed by atoms with Gasteiger partial charge in [-0.25, -0.2) is 0 Å². The standard InChI is InChI=1S/C10H10O3.C2H6/c1-7(11)4-8-2-3-9-10(5-8)13-6-12-9;1-2/h2-3,5H,4,6H2,1H3;1-2H3. The molecule has 0 radical (unpaired) electrons. The van der Waals surface area contributed by atoms with Gasteiger partial charge in [0.05, 0.1) is 0 Å². The first-order chi connectivity index (χ1) is 7.25. The van der Waals surface area contributed by atoms with Crippen LogP contribution < -0.4 is 9.47 Å². The number of carbonyl (C=O) groups excluding carboxylic acids is 1. The molecule has 15 heavy (non-hydrogen) atoms. The molecule has 82 valence electrons. The Morgan fingerprint density at radius 2 is 1.93 bits per heavy atom. The second-order valence-electron chi connectivity index (χ2n) is 3.07. The lowest BCUT2D eigenvalue weighted by molar-refractivity contribution is -0.116. The van der Waals surface area contributed by atoms with Gasteiger partial charge >= 0.3 is 0 Å². The van der Waals surface area contributed by atoms with Crippen molar-refractivity contribution in [3.05, 3.63) is 23.8 Å². The Bertz CT molecular complexity index is 345. The van der Waals surface area contributed by atoms with E-state index in [0.29, 0.717) is 6.42 Å². The molecule has 1 aromatic rings. The maximum atomic E-state index is 10.8. The van der Waals surface area contributed by atoms with Gasteiger partial charge in [-0.05, 0) is 24.6 Å². The van der Waals surface area contributed by atoms with Crippen LogP contribution in [-0.2, 0) is 11.2 Å². The average Bonchev–Trinajstić information content (AvgIpc) is 2.67. The third-order valence-electron chi connectivity index (χ3n) is 1.89. The minimum absolute atomic E-state index is 0.152. The second kappa shape index (κ2) is 5.39. The molecule has 0 saturated heterocycles. The summed E-state index contributed by atoms with van der Waals surface area (Å²) in [5.41, 5.74) is 0.969. The Balaban J connectivity index is 0.000000531. The summed E-state index contributed by atoms with van der Waals surface area (Å²) in [5.74, 6) is 1.64. The van der Waals surface area contributed by atoms with E-state index >= 15 is 0 Å². The third-order valence-corrected chi connectivity index (χ3v) is 1.89. The highest BCUT2D eigenvalue weighted by molar-refractivity contribution is 5.78. The predicted octanol–water partition coefficient (Wildman–Crippen LogP) is 2.57. The van der Waals surface area contributed by atoms with E-state index in [1.807, 2.05) is 32.0 Å². The van der Waals surface area contributed by atoms with Crippen molar-refractivity contribution in [2.75, 3.05) is 6.79 Å². The Labute approximate surface area is 90.0 Å². The highest BCUT2D eigenvalue weighted by Gasteiger charge is 2.13. The van der Waals surface area contributed by atoms with E-state index in [0.717, 1.165) is 17.1 Å². The van der Waals surface area contributed by atoms with Gasteiger partial charge in [-0.2, -0.15) is 0 Å². The van der Waals surface area contributed by atoms with E-state index < -0.39 is 0 Å². The zero-order chi connectivity index (χ0) is 11.3. The molecule has 0 aromatic heterocycles. The topological polar surface area (TPSA) is 35.5 Å². The number of rotatable bonds is 2. The molecule has 0 atom stereocenters. The molecule has 0 aliphatic carbocycles. The summed E-state index contributed by atoms with van der Waals surface area (Å²) in [6, 6.07) is 5.57. The van der Waals surface area contributed by atoms with Gasteiger partial charge < -0.3 is 9.47 Å². The van der Waals surface area contributed by atoms with E-state index in [1.54, 1.807) is 6.92 Å². The number of Topliss-reactive ketones (excluding diaryl/α,β-unsaturated/α-hetero) is 1. The van der Waals surface area contributed by atoms with Crippen molar-refractivity contribution in [3.8, 4) is 11.5 Å². The third kappa shape index (κ3) is 2.98. The smallest absolute Gasteiger partial charge is 0.231 e. The molecule has 3 heteroatoms. The van der Waals surface area contributed by atoms with Crippen molar-refractivity contribution in [1.29, 1.82) is 0 Å². The molecule has 0 spiro atoms. The maximum Gasteiger partial charge on any atom is 0.231 e. The lowest BCUT2D eigenvalue weighted by Gasteiger charge is -1.99. The summed E-state index contributed by atoms with van der Waals surface area (Å²) in [5, 5.41) is 0. The molecular formula is C12H16O3.